The Hall–Kier alpha value is -2.38. The molecule has 1 aromatic heterocycles. The van der Waals surface area contributed by atoms with E-state index in [4.69, 9.17) is 4.74 Å². The number of hydrogen-bond acceptors (Lipinski definition) is 6. The highest BCUT2D eigenvalue weighted by atomic mass is 32.2. The average Bonchev–Trinajstić information content (AvgIpc) is 2.72. The van der Waals surface area contributed by atoms with Crippen molar-refractivity contribution in [3.05, 3.63) is 42.2 Å². The van der Waals surface area contributed by atoms with E-state index in [2.05, 4.69) is 22.1 Å². The zero-order chi connectivity index (χ0) is 18.6. The second-order valence-electron chi connectivity index (χ2n) is 6.58. The molecule has 1 amide bonds. The second-order valence-corrected chi connectivity index (χ2v) is 7.61. The minimum atomic E-state index is 0.0896. The van der Waals surface area contributed by atoms with E-state index in [9.17, 15) is 4.79 Å². The fraction of sp³-hybridized carbons (Fsp3) is 0.350. The van der Waals surface area contributed by atoms with Crippen LogP contribution in [0.25, 0.3) is 6.08 Å². The van der Waals surface area contributed by atoms with Crippen molar-refractivity contribution in [3.63, 3.8) is 0 Å². The normalized spacial score (nSPS) is 16.3. The van der Waals surface area contributed by atoms with E-state index in [1.165, 1.54) is 6.42 Å². The van der Waals surface area contributed by atoms with Gasteiger partial charge < -0.3 is 9.64 Å². The van der Waals surface area contributed by atoms with Crippen LogP contribution in [0, 0.1) is 0 Å². The maximum Gasteiger partial charge on any atom is 0.246 e. The van der Waals surface area contributed by atoms with Crippen LogP contribution < -0.4 is 4.90 Å². The Balaban J connectivity index is 1.58. The molecule has 0 radical (unpaired) electrons. The monoisotopic (exact) mass is 382 g/mol. The summed E-state index contributed by atoms with van der Waals surface area (Å²) in [6, 6.07) is 6.16. The van der Waals surface area contributed by atoms with Crippen molar-refractivity contribution in [2.24, 2.45) is 0 Å². The van der Waals surface area contributed by atoms with Gasteiger partial charge in [-0.3, -0.25) is 9.69 Å². The number of carbonyl (C=O) groups is 1. The molecule has 0 aliphatic carbocycles. The Morgan fingerprint density at radius 2 is 2.04 bits per heavy atom. The summed E-state index contributed by atoms with van der Waals surface area (Å²) in [6.45, 7) is 2.11. The molecular formula is C20H22N4O2S. The summed E-state index contributed by atoms with van der Waals surface area (Å²) in [5, 5.41) is 0.866. The number of ether oxygens (including phenoxy) is 1. The van der Waals surface area contributed by atoms with E-state index in [0.29, 0.717) is 6.73 Å². The molecule has 2 aromatic rings. The lowest BCUT2D eigenvalue weighted by Gasteiger charge is -2.30. The summed E-state index contributed by atoms with van der Waals surface area (Å²) in [4.78, 5) is 26.3. The minimum Gasteiger partial charge on any atom is -0.364 e. The van der Waals surface area contributed by atoms with Crippen LogP contribution in [0.5, 0.6) is 0 Å². The Morgan fingerprint density at radius 3 is 2.85 bits per heavy atom. The highest BCUT2D eigenvalue weighted by molar-refractivity contribution is 7.99. The number of amides is 1. The first-order valence-corrected chi connectivity index (χ1v) is 9.94. The lowest BCUT2D eigenvalue weighted by atomic mass is 10.1. The van der Waals surface area contributed by atoms with Crippen molar-refractivity contribution >= 4 is 35.3 Å². The van der Waals surface area contributed by atoms with Crippen LogP contribution in [0.15, 0.2) is 46.6 Å². The highest BCUT2D eigenvalue weighted by Crippen LogP contribution is 2.46. The van der Waals surface area contributed by atoms with Gasteiger partial charge in [0, 0.05) is 43.6 Å². The van der Waals surface area contributed by atoms with Gasteiger partial charge in [-0.15, -0.1) is 0 Å². The number of aromatic nitrogens is 2. The third-order valence-electron chi connectivity index (χ3n) is 4.73. The first-order chi connectivity index (χ1) is 13.3. The molecule has 1 saturated heterocycles. The van der Waals surface area contributed by atoms with E-state index < -0.39 is 0 Å². The Kier molecular flexibility index (Phi) is 5.40. The second kappa shape index (κ2) is 8.10. The van der Waals surface area contributed by atoms with Crippen molar-refractivity contribution in [2.75, 3.05) is 31.8 Å². The topological polar surface area (TPSA) is 58.6 Å². The van der Waals surface area contributed by atoms with Crippen molar-refractivity contribution in [1.29, 1.82) is 0 Å². The zero-order valence-corrected chi connectivity index (χ0v) is 16.1. The number of benzene rings is 1. The number of hydrogen-bond donors (Lipinski definition) is 0. The maximum absolute atomic E-state index is 12.4. The van der Waals surface area contributed by atoms with Crippen LogP contribution in [0.3, 0.4) is 0 Å². The number of piperidine rings is 1. The summed E-state index contributed by atoms with van der Waals surface area (Å²) in [5.74, 6) is 0.883. The van der Waals surface area contributed by atoms with E-state index in [1.807, 2.05) is 21.9 Å². The fourth-order valence-electron chi connectivity index (χ4n) is 3.38. The molecule has 2 aliphatic rings. The third-order valence-corrected chi connectivity index (χ3v) is 5.77. The first-order valence-electron chi connectivity index (χ1n) is 9.12. The Morgan fingerprint density at radius 1 is 1.22 bits per heavy atom. The van der Waals surface area contributed by atoms with Crippen molar-refractivity contribution in [2.45, 2.75) is 29.2 Å². The molecule has 0 unspecified atom stereocenters. The molecule has 7 heteroatoms. The van der Waals surface area contributed by atoms with Gasteiger partial charge in [0.05, 0.1) is 5.69 Å². The predicted molar refractivity (Wildman–Crippen MR) is 106 cm³/mol. The molecule has 27 heavy (non-hydrogen) atoms. The van der Waals surface area contributed by atoms with Gasteiger partial charge in [-0.05, 0) is 43.0 Å². The first kappa shape index (κ1) is 18.0. The van der Waals surface area contributed by atoms with Crippen LogP contribution in [-0.4, -0.2) is 47.7 Å². The van der Waals surface area contributed by atoms with Gasteiger partial charge in [-0.2, -0.15) is 0 Å². The number of rotatable bonds is 4. The molecule has 0 saturated carbocycles. The van der Waals surface area contributed by atoms with Crippen molar-refractivity contribution in [1.82, 2.24) is 14.9 Å². The van der Waals surface area contributed by atoms with Crippen LogP contribution in [0.4, 0.5) is 11.5 Å². The average molecular weight is 382 g/mol. The lowest BCUT2D eigenvalue weighted by Crippen LogP contribution is -2.34. The van der Waals surface area contributed by atoms with Crippen LogP contribution in [0.1, 0.15) is 24.8 Å². The van der Waals surface area contributed by atoms with Crippen molar-refractivity contribution in [3.8, 4) is 0 Å². The number of methoxy groups -OCH3 is 1. The van der Waals surface area contributed by atoms with Crippen LogP contribution in [-0.2, 0) is 9.53 Å². The van der Waals surface area contributed by atoms with Gasteiger partial charge in [0.15, 0.2) is 5.82 Å². The molecule has 1 fully saturated rings. The van der Waals surface area contributed by atoms with Gasteiger partial charge >= 0.3 is 0 Å². The Bertz CT molecular complexity index is 865. The molecule has 3 heterocycles. The molecule has 140 valence electrons. The summed E-state index contributed by atoms with van der Waals surface area (Å²) in [6.07, 6.45) is 10.4. The van der Waals surface area contributed by atoms with E-state index in [-0.39, 0.29) is 5.91 Å². The molecule has 0 N–H and O–H groups in total. The van der Waals surface area contributed by atoms with E-state index in [0.717, 1.165) is 52.9 Å². The standard InChI is InChI=1S/C20H22N4O2S/c1-26-14-24-16-13-15(6-8-18(25)23-11-3-2-4-12-23)5-7-17(16)27-20-19(24)21-9-10-22-20/h5-10,13H,2-4,11-12,14H2,1H3. The number of likely N-dealkylation sites (tertiary alicyclic amines) is 1. The lowest BCUT2D eigenvalue weighted by molar-refractivity contribution is -0.126. The molecule has 2 aliphatic heterocycles. The number of anilines is 2. The smallest absolute Gasteiger partial charge is 0.246 e. The highest BCUT2D eigenvalue weighted by Gasteiger charge is 2.25. The quantitative estimate of drug-likeness (QED) is 0.752. The number of fused-ring (bicyclic) bond motifs is 2. The molecule has 0 spiro atoms. The van der Waals surface area contributed by atoms with Gasteiger partial charge in [0.1, 0.15) is 11.8 Å². The molecule has 1 aromatic carbocycles. The van der Waals surface area contributed by atoms with Gasteiger partial charge in [-0.25, -0.2) is 9.97 Å². The number of nitrogens with zero attached hydrogens (tertiary/aromatic N) is 4. The fourth-order valence-corrected chi connectivity index (χ4v) is 4.36. The summed E-state index contributed by atoms with van der Waals surface area (Å²) < 4.78 is 5.38. The third kappa shape index (κ3) is 3.84. The molecule has 6 nitrogen and oxygen atoms in total. The number of carbonyl (C=O) groups excluding carboxylic acids is 1. The van der Waals surface area contributed by atoms with Gasteiger partial charge in [-0.1, -0.05) is 17.8 Å². The van der Waals surface area contributed by atoms with Crippen LogP contribution in [0.2, 0.25) is 0 Å². The summed E-state index contributed by atoms with van der Waals surface area (Å²) >= 11 is 1.60. The van der Waals surface area contributed by atoms with Gasteiger partial charge in [0.2, 0.25) is 5.91 Å². The van der Waals surface area contributed by atoms with E-state index >= 15 is 0 Å². The largest absolute Gasteiger partial charge is 0.364 e. The van der Waals surface area contributed by atoms with E-state index in [1.54, 1.807) is 37.3 Å². The summed E-state index contributed by atoms with van der Waals surface area (Å²) in [7, 11) is 1.67. The predicted octanol–water partition coefficient (Wildman–Crippen LogP) is 3.71. The van der Waals surface area contributed by atoms with Gasteiger partial charge in [0.25, 0.3) is 0 Å². The molecule has 0 atom stereocenters. The molecular weight excluding hydrogens is 360 g/mol. The molecule has 4 rings (SSSR count). The maximum atomic E-state index is 12.4. The molecule has 0 bridgehead atoms. The van der Waals surface area contributed by atoms with Crippen molar-refractivity contribution < 1.29 is 9.53 Å². The zero-order valence-electron chi connectivity index (χ0n) is 15.3. The SMILES string of the molecule is COCN1c2cc(C=CC(=O)N3CCCCC3)ccc2Sc2nccnc21. The minimum absolute atomic E-state index is 0.0896. The summed E-state index contributed by atoms with van der Waals surface area (Å²) in [5.41, 5.74) is 2.00. The Labute approximate surface area is 163 Å². The van der Waals surface area contributed by atoms with Crippen LogP contribution >= 0.6 is 11.8 Å².